The van der Waals surface area contributed by atoms with Gasteiger partial charge in [-0.15, -0.1) is 0 Å². The van der Waals surface area contributed by atoms with E-state index in [-0.39, 0.29) is 10.8 Å². The summed E-state index contributed by atoms with van der Waals surface area (Å²) in [6, 6.07) is 121. The maximum Gasteiger partial charge on any atom is 0.0725 e. The largest absolute Gasteiger partial charge is 0.265 e. The third-order valence-electron chi connectivity index (χ3n) is 22.5. The van der Waals surface area contributed by atoms with Crippen LogP contribution in [-0.4, -0.2) is 39.9 Å². The van der Waals surface area contributed by atoms with E-state index in [1.165, 1.54) is 66.8 Å². The van der Waals surface area contributed by atoms with Crippen LogP contribution in [0.25, 0.3) is 179 Å². The number of fused-ring (bicyclic) bond motifs is 6. The van der Waals surface area contributed by atoms with Crippen LogP contribution in [0.4, 0.5) is 0 Å². The van der Waals surface area contributed by atoms with Gasteiger partial charge in [0.2, 0.25) is 0 Å². The van der Waals surface area contributed by atoms with Gasteiger partial charge in [-0.1, -0.05) is 198 Å². The Labute approximate surface area is 664 Å². The van der Waals surface area contributed by atoms with Crippen LogP contribution < -0.4 is 0 Å². The number of hydrogen-bond donors (Lipinski definition) is 0. The van der Waals surface area contributed by atoms with Gasteiger partial charge in [-0.3, -0.25) is 19.9 Å². The first-order valence-corrected chi connectivity index (χ1v) is 38.7. The fourth-order valence-electron chi connectivity index (χ4n) is 16.6. The first kappa shape index (κ1) is 69.8. The molecule has 2 aliphatic rings. The Kier molecular flexibility index (Phi) is 18.2. The van der Waals surface area contributed by atoms with Crippen LogP contribution >= 0.6 is 0 Å². The molecule has 0 spiro atoms. The van der Waals surface area contributed by atoms with Crippen LogP contribution in [0.5, 0.6) is 0 Å². The molecule has 2 aliphatic carbocycles. The molecule has 0 saturated carbocycles. The molecule has 0 bridgehead atoms. The highest BCUT2D eigenvalue weighted by Gasteiger charge is 2.37. The molecule has 0 amide bonds. The second-order valence-corrected chi connectivity index (χ2v) is 30.4. The Morgan fingerprint density at radius 1 is 0.158 bits per heavy atom. The molecule has 20 rings (SSSR count). The van der Waals surface area contributed by atoms with Gasteiger partial charge in [-0.2, -0.15) is 0 Å². The van der Waals surface area contributed by atoms with Crippen molar-refractivity contribution >= 4 is 0 Å². The van der Waals surface area contributed by atoms with Crippen molar-refractivity contribution in [2.45, 2.75) is 38.5 Å². The van der Waals surface area contributed by atoms with Gasteiger partial charge in [0.25, 0.3) is 0 Å². The van der Waals surface area contributed by atoms with E-state index < -0.39 is 0 Å². The minimum atomic E-state index is -0.0975. The van der Waals surface area contributed by atoms with Gasteiger partial charge in [-0.25, -0.2) is 19.9 Å². The maximum atomic E-state index is 5.07. The summed E-state index contributed by atoms with van der Waals surface area (Å²) in [6.45, 7) is 9.37. The quantitative estimate of drug-likeness (QED) is 0.106. The number of hydrogen-bond acceptors (Lipinski definition) is 8. The molecule has 10 aromatic carbocycles. The Hall–Kier alpha value is -14.6. The van der Waals surface area contributed by atoms with Crippen molar-refractivity contribution in [3.63, 3.8) is 0 Å². The molecule has 114 heavy (non-hydrogen) atoms. The lowest BCUT2D eigenvalue weighted by Crippen LogP contribution is -2.14. The predicted octanol–water partition coefficient (Wildman–Crippen LogP) is 26.5. The Balaban J connectivity index is 0.000000153. The summed E-state index contributed by atoms with van der Waals surface area (Å²) in [6.07, 6.45) is 14.5. The monoisotopic (exact) mass is 1460 g/mol. The minimum absolute atomic E-state index is 0.0966. The minimum Gasteiger partial charge on any atom is -0.265 e. The maximum absolute atomic E-state index is 5.07. The predicted molar refractivity (Wildman–Crippen MR) is 466 cm³/mol. The van der Waals surface area contributed by atoms with Crippen molar-refractivity contribution < 1.29 is 0 Å². The van der Waals surface area contributed by atoms with Gasteiger partial charge in [0.15, 0.2) is 0 Å². The fourth-order valence-corrected chi connectivity index (χ4v) is 16.6. The van der Waals surface area contributed by atoms with Crippen molar-refractivity contribution in [3.05, 3.63) is 412 Å². The molecule has 8 heterocycles. The number of nitrogens with zero attached hydrogens (tertiary/aromatic N) is 8. The summed E-state index contributed by atoms with van der Waals surface area (Å²) in [4.78, 5) is 37.3. The number of rotatable bonds is 14. The molecule has 8 nitrogen and oxygen atoms in total. The average Bonchev–Trinajstić information content (AvgIpc) is 1.59. The Morgan fingerprint density at radius 2 is 0.404 bits per heavy atom. The summed E-state index contributed by atoms with van der Waals surface area (Å²) < 4.78 is 0. The lowest BCUT2D eigenvalue weighted by Gasteiger charge is -2.22. The Bertz CT molecular complexity index is 5980. The fraction of sp³-hybridized carbons (Fsp3) is 0.0566. The van der Waals surface area contributed by atoms with Crippen LogP contribution in [0.3, 0.4) is 0 Å². The highest BCUT2D eigenvalue weighted by atomic mass is 14.7. The molecule has 0 saturated heterocycles. The van der Waals surface area contributed by atoms with E-state index in [4.69, 9.17) is 19.9 Å². The summed E-state index contributed by atoms with van der Waals surface area (Å²) in [5.41, 5.74) is 40.0. The van der Waals surface area contributed by atoms with E-state index >= 15 is 0 Å². The van der Waals surface area contributed by atoms with Gasteiger partial charge >= 0.3 is 0 Å². The Morgan fingerprint density at radius 3 is 0.711 bits per heavy atom. The highest BCUT2D eigenvalue weighted by Crippen LogP contribution is 2.52. The van der Waals surface area contributed by atoms with E-state index in [0.717, 1.165) is 135 Å². The molecule has 0 fully saturated rings. The molecule has 0 radical (unpaired) electrons. The molecular formula is C106H76N8. The lowest BCUT2D eigenvalue weighted by atomic mass is 9.81. The zero-order valence-electron chi connectivity index (χ0n) is 63.5. The smallest absolute Gasteiger partial charge is 0.0725 e. The van der Waals surface area contributed by atoms with E-state index in [0.29, 0.717) is 0 Å². The molecule has 0 atom stereocenters. The van der Waals surface area contributed by atoms with Crippen LogP contribution in [0, 0.1) is 0 Å². The summed E-state index contributed by atoms with van der Waals surface area (Å²) in [5.74, 6) is 0. The third-order valence-corrected chi connectivity index (χ3v) is 22.5. The number of benzene rings is 10. The molecule has 0 unspecified atom stereocenters. The van der Waals surface area contributed by atoms with E-state index in [1.54, 1.807) is 12.4 Å². The van der Waals surface area contributed by atoms with E-state index in [9.17, 15) is 0 Å². The zero-order valence-corrected chi connectivity index (χ0v) is 63.5. The molecule has 8 aromatic heterocycles. The van der Waals surface area contributed by atoms with Gasteiger partial charge in [0, 0.05) is 105 Å². The van der Waals surface area contributed by atoms with E-state index in [1.807, 2.05) is 110 Å². The van der Waals surface area contributed by atoms with Crippen molar-refractivity contribution in [1.29, 1.82) is 0 Å². The average molecular weight is 1460 g/mol. The first-order chi connectivity index (χ1) is 55.9. The molecule has 0 N–H and O–H groups in total. The molecule has 8 heteroatoms. The standard InChI is InChI=1S/2C53H38N4/c1-53(2)47-18-4-3-17-45(47)46-24-23-37(32-48(46)53)44-30-42(35-11-5-13-38(27-35)49-19-7-21-51(56-49)40-15-9-25-54-33-40)29-43(31-44)36-12-6-14-39(28-36)50-20-8-22-52(57-50)41-16-10-26-55-34-41;1-53(2)47-14-4-3-13-45(47)46-20-19-39(34-48(46)53)44-32-42(37-9-5-11-40(29-37)51-17-7-15-49(56-51)35-21-25-54-26-22-35)31-43(33-44)38-10-6-12-41(30-38)52-18-8-16-50(57-52)36-23-27-55-28-24-36/h2*3-34H,1-2H3. The third kappa shape index (κ3) is 13.7. The van der Waals surface area contributed by atoms with Crippen LogP contribution in [0.15, 0.2) is 389 Å². The normalized spacial score (nSPS) is 12.5. The van der Waals surface area contributed by atoms with Crippen LogP contribution in [0.2, 0.25) is 0 Å². The molecule has 540 valence electrons. The number of aromatic nitrogens is 8. The van der Waals surface area contributed by atoms with Crippen molar-refractivity contribution in [2.24, 2.45) is 0 Å². The zero-order chi connectivity index (χ0) is 76.7. The summed E-state index contributed by atoms with van der Waals surface area (Å²) in [7, 11) is 0. The molecular weight excluding hydrogens is 1390 g/mol. The van der Waals surface area contributed by atoms with Gasteiger partial charge in [0.1, 0.15) is 0 Å². The van der Waals surface area contributed by atoms with Crippen LogP contribution in [-0.2, 0) is 10.8 Å². The van der Waals surface area contributed by atoms with Crippen LogP contribution in [0.1, 0.15) is 49.9 Å². The van der Waals surface area contributed by atoms with Gasteiger partial charge < -0.3 is 0 Å². The topological polar surface area (TPSA) is 103 Å². The SMILES string of the molecule is CC1(C)c2ccccc2-c2ccc(-c3cc(-c4cccc(-c5cccc(-c6cccnc6)n5)c4)cc(-c4cccc(-c5cccc(-c6cccnc6)n5)c4)c3)cc21.CC1(C)c2ccccc2-c2ccc(-c3cc(-c4cccc(-c5cccc(-c6ccncc6)n5)c4)cc(-c4cccc(-c5cccc(-c6ccncc6)n5)c4)c3)cc21. The highest BCUT2D eigenvalue weighted by molar-refractivity contribution is 5.91. The van der Waals surface area contributed by atoms with Gasteiger partial charge in [-0.05, 0) is 281 Å². The lowest BCUT2D eigenvalue weighted by molar-refractivity contribution is 0.660. The van der Waals surface area contributed by atoms with Crippen molar-refractivity contribution in [1.82, 2.24) is 39.9 Å². The molecule has 0 aliphatic heterocycles. The first-order valence-electron chi connectivity index (χ1n) is 38.7. The summed E-state index contributed by atoms with van der Waals surface area (Å²) in [5, 5.41) is 0. The van der Waals surface area contributed by atoms with Crippen molar-refractivity contribution in [2.75, 3.05) is 0 Å². The number of pyridine rings is 8. The van der Waals surface area contributed by atoms with Crippen molar-refractivity contribution in [3.8, 4) is 179 Å². The van der Waals surface area contributed by atoms with Gasteiger partial charge in [0.05, 0.1) is 45.6 Å². The second-order valence-electron chi connectivity index (χ2n) is 30.4. The second kappa shape index (κ2) is 29.7. The van der Waals surface area contributed by atoms with E-state index in [2.05, 4.69) is 315 Å². The molecule has 18 aromatic rings. The summed E-state index contributed by atoms with van der Waals surface area (Å²) >= 11 is 0.